The maximum Gasteiger partial charge on any atom is 0.352 e. The Labute approximate surface area is 173 Å². The first-order chi connectivity index (χ1) is 14.3. The summed E-state index contributed by atoms with van der Waals surface area (Å²) >= 11 is 5.92. The molecule has 30 heavy (non-hydrogen) atoms. The van der Waals surface area contributed by atoms with Crippen LogP contribution in [0.4, 0.5) is 20.3 Å². The standard InChI is InChI=1S/C20H13ClF2N4O3/c21-10-2-1-3-12(6-10)25-19(28)14-9-24-27-17(8-16(20(29)30)26-18(14)27)13-5-4-11(22)7-15(13)23/h1-9,17,26H,(H,25,28)(H,29,30)/t17-/m0/s1. The largest absolute Gasteiger partial charge is 0.477 e. The van der Waals surface area contributed by atoms with E-state index in [0.29, 0.717) is 16.8 Å². The molecule has 0 radical (unpaired) electrons. The summed E-state index contributed by atoms with van der Waals surface area (Å²) in [5.74, 6) is -3.46. The number of rotatable bonds is 4. The maximum absolute atomic E-state index is 14.4. The summed E-state index contributed by atoms with van der Waals surface area (Å²) in [6, 6.07) is 8.43. The Kier molecular flexibility index (Phi) is 4.96. The minimum Gasteiger partial charge on any atom is -0.477 e. The van der Waals surface area contributed by atoms with Crippen molar-refractivity contribution in [2.24, 2.45) is 0 Å². The van der Waals surface area contributed by atoms with Crippen LogP contribution >= 0.6 is 11.6 Å². The molecule has 2 aromatic carbocycles. The van der Waals surface area contributed by atoms with Crippen LogP contribution in [-0.2, 0) is 4.79 Å². The van der Waals surface area contributed by atoms with E-state index >= 15 is 0 Å². The van der Waals surface area contributed by atoms with Crippen LogP contribution in [0.5, 0.6) is 0 Å². The smallest absolute Gasteiger partial charge is 0.352 e. The number of nitrogens with one attached hydrogen (secondary N) is 2. The van der Waals surface area contributed by atoms with E-state index in [-0.39, 0.29) is 22.6 Å². The topological polar surface area (TPSA) is 96.2 Å². The summed E-state index contributed by atoms with van der Waals surface area (Å²) in [5.41, 5.74) is 0.198. The highest BCUT2D eigenvalue weighted by molar-refractivity contribution is 6.31. The van der Waals surface area contributed by atoms with Gasteiger partial charge in [-0.3, -0.25) is 4.79 Å². The van der Waals surface area contributed by atoms with Gasteiger partial charge in [0.1, 0.15) is 34.8 Å². The van der Waals surface area contributed by atoms with E-state index in [2.05, 4.69) is 15.7 Å². The molecule has 4 rings (SSSR count). The number of anilines is 2. The van der Waals surface area contributed by atoms with Gasteiger partial charge in [0.25, 0.3) is 5.91 Å². The number of halogens is 3. The van der Waals surface area contributed by atoms with Crippen LogP contribution in [-0.4, -0.2) is 26.8 Å². The number of aromatic nitrogens is 2. The SMILES string of the molecule is O=C(O)C1=C[C@@H](c2ccc(F)cc2F)n2ncc(C(=O)Nc3cccc(Cl)c3)c2N1. The first-order valence-electron chi connectivity index (χ1n) is 8.65. The second-order valence-corrected chi connectivity index (χ2v) is 6.87. The number of aliphatic carboxylic acids is 1. The third-order valence-corrected chi connectivity index (χ3v) is 4.71. The van der Waals surface area contributed by atoms with Gasteiger partial charge in [-0.25, -0.2) is 18.3 Å². The second kappa shape index (κ2) is 7.60. The van der Waals surface area contributed by atoms with Crippen molar-refractivity contribution in [2.45, 2.75) is 6.04 Å². The van der Waals surface area contributed by atoms with Gasteiger partial charge in [0.05, 0.1) is 6.20 Å². The molecule has 1 amide bonds. The van der Waals surface area contributed by atoms with Gasteiger partial charge in [-0.15, -0.1) is 0 Å². The molecule has 0 saturated carbocycles. The Morgan fingerprint density at radius 1 is 1.20 bits per heavy atom. The molecular weight excluding hydrogens is 418 g/mol. The van der Waals surface area contributed by atoms with Crippen molar-refractivity contribution in [1.82, 2.24) is 9.78 Å². The third kappa shape index (κ3) is 3.62. The highest BCUT2D eigenvalue weighted by Gasteiger charge is 2.30. The van der Waals surface area contributed by atoms with Gasteiger partial charge in [0, 0.05) is 22.3 Å². The van der Waals surface area contributed by atoms with Crippen molar-refractivity contribution >= 4 is 35.0 Å². The molecule has 1 aliphatic rings. The summed E-state index contributed by atoms with van der Waals surface area (Å²) in [5, 5.41) is 19.3. The summed E-state index contributed by atoms with van der Waals surface area (Å²) in [6.45, 7) is 0. The minimum atomic E-state index is -1.31. The Hall–Kier alpha value is -3.72. The monoisotopic (exact) mass is 430 g/mol. The van der Waals surface area contributed by atoms with E-state index in [0.717, 1.165) is 6.07 Å². The average Bonchev–Trinajstić information content (AvgIpc) is 3.11. The number of allylic oxidation sites excluding steroid dienone is 1. The van der Waals surface area contributed by atoms with Crippen molar-refractivity contribution < 1.29 is 23.5 Å². The van der Waals surface area contributed by atoms with Crippen molar-refractivity contribution in [3.63, 3.8) is 0 Å². The lowest BCUT2D eigenvalue weighted by atomic mass is 10.0. The average molecular weight is 431 g/mol. The van der Waals surface area contributed by atoms with E-state index in [9.17, 15) is 23.5 Å². The predicted octanol–water partition coefficient (Wildman–Crippen LogP) is 4.05. The first kappa shape index (κ1) is 19.6. The lowest BCUT2D eigenvalue weighted by Crippen LogP contribution is -2.26. The zero-order chi connectivity index (χ0) is 21.4. The lowest BCUT2D eigenvalue weighted by molar-refractivity contribution is -0.132. The molecule has 1 aliphatic heterocycles. The summed E-state index contributed by atoms with van der Waals surface area (Å²) in [4.78, 5) is 24.3. The number of carbonyl (C=O) groups is 2. The van der Waals surface area contributed by atoms with Crippen molar-refractivity contribution in [2.75, 3.05) is 10.6 Å². The molecule has 10 heteroatoms. The fraction of sp³-hybridized carbons (Fsp3) is 0.0500. The molecule has 0 unspecified atom stereocenters. The number of carboxylic acids is 1. The van der Waals surface area contributed by atoms with E-state index in [1.165, 1.54) is 23.0 Å². The van der Waals surface area contributed by atoms with Crippen LogP contribution in [0.15, 0.2) is 60.4 Å². The van der Waals surface area contributed by atoms with E-state index in [1.54, 1.807) is 24.3 Å². The highest BCUT2D eigenvalue weighted by Crippen LogP contribution is 2.33. The third-order valence-electron chi connectivity index (χ3n) is 4.48. The minimum absolute atomic E-state index is 0.00259. The summed E-state index contributed by atoms with van der Waals surface area (Å²) in [6.07, 6.45) is 2.46. The predicted molar refractivity (Wildman–Crippen MR) is 105 cm³/mol. The van der Waals surface area contributed by atoms with Gasteiger partial charge in [-0.2, -0.15) is 5.10 Å². The number of nitrogens with zero attached hydrogens (tertiary/aromatic N) is 2. The fourth-order valence-corrected chi connectivity index (χ4v) is 3.30. The Morgan fingerprint density at radius 2 is 2.00 bits per heavy atom. The fourth-order valence-electron chi connectivity index (χ4n) is 3.11. The Balaban J connectivity index is 1.75. The van der Waals surface area contributed by atoms with Crippen LogP contribution in [0.2, 0.25) is 5.02 Å². The molecule has 1 aromatic heterocycles. The van der Waals surface area contributed by atoms with E-state index < -0.39 is 29.6 Å². The molecule has 0 aliphatic carbocycles. The molecule has 2 heterocycles. The van der Waals surface area contributed by atoms with Crippen molar-refractivity contribution in [1.29, 1.82) is 0 Å². The van der Waals surface area contributed by atoms with Crippen LogP contribution < -0.4 is 10.6 Å². The molecule has 7 nitrogen and oxygen atoms in total. The van der Waals surface area contributed by atoms with Crippen LogP contribution in [0.1, 0.15) is 22.0 Å². The summed E-state index contributed by atoms with van der Waals surface area (Å²) < 4.78 is 29.0. The van der Waals surface area contributed by atoms with E-state index in [4.69, 9.17) is 11.6 Å². The highest BCUT2D eigenvalue weighted by atomic mass is 35.5. The maximum atomic E-state index is 14.4. The van der Waals surface area contributed by atoms with Gasteiger partial charge in [0.2, 0.25) is 0 Å². The van der Waals surface area contributed by atoms with Crippen LogP contribution in [0, 0.1) is 11.6 Å². The first-order valence-corrected chi connectivity index (χ1v) is 9.03. The molecule has 0 saturated heterocycles. The number of fused-ring (bicyclic) bond motifs is 1. The molecule has 0 spiro atoms. The molecular formula is C20H13ClF2N4O3. The molecule has 0 bridgehead atoms. The van der Waals surface area contributed by atoms with Gasteiger partial charge in [0.15, 0.2) is 0 Å². The normalized spacial score (nSPS) is 15.0. The number of amides is 1. The zero-order valence-corrected chi connectivity index (χ0v) is 15.8. The summed E-state index contributed by atoms with van der Waals surface area (Å²) in [7, 11) is 0. The molecule has 1 atom stereocenters. The number of benzene rings is 2. The molecule has 3 aromatic rings. The van der Waals surface area contributed by atoms with Gasteiger partial charge >= 0.3 is 5.97 Å². The zero-order valence-electron chi connectivity index (χ0n) is 15.1. The number of hydrogen-bond acceptors (Lipinski definition) is 4. The van der Waals surface area contributed by atoms with Crippen molar-refractivity contribution in [3.8, 4) is 0 Å². The molecule has 3 N–H and O–H groups in total. The lowest BCUT2D eigenvalue weighted by Gasteiger charge is -2.24. The number of carboxylic acid groups (broad SMARTS) is 1. The van der Waals surface area contributed by atoms with Gasteiger partial charge in [-0.1, -0.05) is 23.7 Å². The van der Waals surface area contributed by atoms with Gasteiger partial charge < -0.3 is 15.7 Å². The van der Waals surface area contributed by atoms with Gasteiger partial charge in [-0.05, 0) is 30.3 Å². The Morgan fingerprint density at radius 3 is 2.70 bits per heavy atom. The number of carbonyl (C=O) groups excluding carboxylic acids is 1. The van der Waals surface area contributed by atoms with E-state index in [1.807, 2.05) is 0 Å². The Bertz CT molecular complexity index is 1210. The molecule has 152 valence electrons. The van der Waals surface area contributed by atoms with Crippen molar-refractivity contribution in [3.05, 3.63) is 88.2 Å². The second-order valence-electron chi connectivity index (χ2n) is 6.44. The molecule has 0 fully saturated rings. The quantitative estimate of drug-likeness (QED) is 0.580. The number of hydrogen-bond donors (Lipinski definition) is 3. The van der Waals surface area contributed by atoms with Crippen LogP contribution in [0.3, 0.4) is 0 Å². The van der Waals surface area contributed by atoms with Crippen LogP contribution in [0.25, 0.3) is 0 Å².